The van der Waals surface area contributed by atoms with Crippen molar-refractivity contribution in [3.63, 3.8) is 0 Å². The Morgan fingerprint density at radius 2 is 2.06 bits per heavy atom. The summed E-state index contributed by atoms with van der Waals surface area (Å²) in [4.78, 5) is 0. The molecule has 1 saturated carbocycles. The lowest BCUT2D eigenvalue weighted by Crippen LogP contribution is -2.31. The number of rotatable bonds is 13. The van der Waals surface area contributed by atoms with Gasteiger partial charge in [0.1, 0.15) is 0 Å². The third kappa shape index (κ3) is 9.79. The standard InChI is InChI=1S/C13H27NO4/c1-16-7-8-18-11-13(15)9-14-5-2-6-17-10-12-3-4-12/h12-15H,2-11H2,1H3. The average molecular weight is 261 g/mol. The van der Waals surface area contributed by atoms with E-state index in [4.69, 9.17) is 14.2 Å². The fraction of sp³-hybridized carbons (Fsp3) is 1.00. The van der Waals surface area contributed by atoms with Crippen LogP contribution in [0.2, 0.25) is 0 Å². The molecule has 1 aliphatic carbocycles. The van der Waals surface area contributed by atoms with E-state index in [0.29, 0.717) is 26.4 Å². The van der Waals surface area contributed by atoms with Gasteiger partial charge in [-0.25, -0.2) is 0 Å². The highest BCUT2D eigenvalue weighted by Gasteiger charge is 2.20. The third-order valence-electron chi connectivity index (χ3n) is 2.81. The Balaban J connectivity index is 1.72. The molecule has 108 valence electrons. The van der Waals surface area contributed by atoms with Gasteiger partial charge >= 0.3 is 0 Å². The summed E-state index contributed by atoms with van der Waals surface area (Å²) in [6.07, 6.45) is 3.22. The van der Waals surface area contributed by atoms with Crippen molar-refractivity contribution in [2.45, 2.75) is 25.4 Å². The maximum atomic E-state index is 9.57. The molecule has 1 atom stereocenters. The Labute approximate surface area is 110 Å². The number of nitrogens with one attached hydrogen (secondary N) is 1. The van der Waals surface area contributed by atoms with Crippen molar-refractivity contribution >= 4 is 0 Å². The molecule has 0 heterocycles. The van der Waals surface area contributed by atoms with E-state index in [1.807, 2.05) is 0 Å². The lowest BCUT2D eigenvalue weighted by atomic mass is 10.3. The van der Waals surface area contributed by atoms with Crippen LogP contribution in [-0.4, -0.2) is 64.4 Å². The molecule has 2 N–H and O–H groups in total. The van der Waals surface area contributed by atoms with Crippen LogP contribution in [0.15, 0.2) is 0 Å². The smallest absolute Gasteiger partial charge is 0.0897 e. The van der Waals surface area contributed by atoms with Gasteiger partial charge in [-0.3, -0.25) is 0 Å². The highest BCUT2D eigenvalue weighted by atomic mass is 16.5. The van der Waals surface area contributed by atoms with Gasteiger partial charge in [0.2, 0.25) is 0 Å². The van der Waals surface area contributed by atoms with Gasteiger partial charge in [-0.1, -0.05) is 0 Å². The molecule has 0 aromatic heterocycles. The molecule has 1 aliphatic rings. The molecule has 0 aliphatic heterocycles. The van der Waals surface area contributed by atoms with E-state index in [2.05, 4.69) is 5.32 Å². The van der Waals surface area contributed by atoms with E-state index in [9.17, 15) is 5.11 Å². The van der Waals surface area contributed by atoms with Crippen LogP contribution < -0.4 is 5.32 Å². The lowest BCUT2D eigenvalue weighted by molar-refractivity contribution is 0.0136. The first kappa shape index (κ1) is 15.9. The molecule has 0 amide bonds. The molecular weight excluding hydrogens is 234 g/mol. The van der Waals surface area contributed by atoms with Gasteiger partial charge in [-0.15, -0.1) is 0 Å². The van der Waals surface area contributed by atoms with E-state index < -0.39 is 6.10 Å². The summed E-state index contributed by atoms with van der Waals surface area (Å²) < 4.78 is 15.6. The van der Waals surface area contributed by atoms with Gasteiger partial charge < -0.3 is 24.6 Å². The zero-order valence-corrected chi connectivity index (χ0v) is 11.4. The van der Waals surface area contributed by atoms with Gasteiger partial charge in [0.15, 0.2) is 0 Å². The number of hydrogen-bond donors (Lipinski definition) is 2. The van der Waals surface area contributed by atoms with E-state index in [1.165, 1.54) is 12.8 Å². The van der Waals surface area contributed by atoms with Crippen molar-refractivity contribution in [2.24, 2.45) is 5.92 Å². The largest absolute Gasteiger partial charge is 0.389 e. The number of aliphatic hydroxyl groups is 1. The zero-order chi connectivity index (χ0) is 13.1. The highest BCUT2D eigenvalue weighted by molar-refractivity contribution is 4.71. The maximum absolute atomic E-state index is 9.57. The Bertz CT molecular complexity index is 188. The van der Waals surface area contributed by atoms with Crippen molar-refractivity contribution in [3.05, 3.63) is 0 Å². The van der Waals surface area contributed by atoms with Crippen LogP contribution in [0.1, 0.15) is 19.3 Å². The van der Waals surface area contributed by atoms with Gasteiger partial charge in [-0.2, -0.15) is 0 Å². The molecule has 0 saturated heterocycles. The highest BCUT2D eigenvalue weighted by Crippen LogP contribution is 2.28. The number of hydrogen-bond acceptors (Lipinski definition) is 5. The van der Waals surface area contributed by atoms with E-state index in [0.717, 1.165) is 32.1 Å². The quantitative estimate of drug-likeness (QED) is 0.470. The first-order valence-electron chi connectivity index (χ1n) is 6.86. The molecule has 0 bridgehead atoms. The molecule has 1 unspecified atom stereocenters. The second kappa shape index (κ2) is 10.7. The maximum Gasteiger partial charge on any atom is 0.0897 e. The Kier molecular flexibility index (Phi) is 9.42. The summed E-state index contributed by atoms with van der Waals surface area (Å²) >= 11 is 0. The Morgan fingerprint density at radius 3 is 2.78 bits per heavy atom. The average Bonchev–Trinajstić information content (AvgIpc) is 3.17. The molecule has 5 nitrogen and oxygen atoms in total. The second-order valence-corrected chi connectivity index (χ2v) is 4.80. The monoisotopic (exact) mass is 261 g/mol. The van der Waals surface area contributed by atoms with Crippen molar-refractivity contribution in [3.8, 4) is 0 Å². The summed E-state index contributed by atoms with van der Waals surface area (Å²) in [5.74, 6) is 0.837. The SMILES string of the molecule is COCCOCC(O)CNCCCOCC1CC1. The number of ether oxygens (including phenoxy) is 3. The molecule has 0 spiro atoms. The zero-order valence-electron chi connectivity index (χ0n) is 11.4. The lowest BCUT2D eigenvalue weighted by Gasteiger charge is -2.12. The minimum Gasteiger partial charge on any atom is -0.389 e. The predicted octanol–water partition coefficient (Wildman–Crippen LogP) is 0.417. The number of methoxy groups -OCH3 is 1. The van der Waals surface area contributed by atoms with Gasteiger partial charge in [-0.05, 0) is 31.7 Å². The summed E-state index contributed by atoms with van der Waals surface area (Å²) in [6, 6.07) is 0. The Morgan fingerprint density at radius 1 is 1.22 bits per heavy atom. The summed E-state index contributed by atoms with van der Waals surface area (Å²) in [5.41, 5.74) is 0. The van der Waals surface area contributed by atoms with Gasteiger partial charge in [0.25, 0.3) is 0 Å². The molecule has 1 rings (SSSR count). The van der Waals surface area contributed by atoms with Crippen molar-refractivity contribution in [1.82, 2.24) is 5.32 Å². The Hall–Kier alpha value is -0.200. The van der Waals surface area contributed by atoms with Gasteiger partial charge in [0, 0.05) is 26.9 Å². The number of aliphatic hydroxyl groups excluding tert-OH is 1. The van der Waals surface area contributed by atoms with Crippen LogP contribution in [-0.2, 0) is 14.2 Å². The molecule has 1 fully saturated rings. The van der Waals surface area contributed by atoms with Crippen LogP contribution in [0.4, 0.5) is 0 Å². The fourth-order valence-electron chi connectivity index (χ4n) is 1.52. The minimum atomic E-state index is -0.450. The van der Waals surface area contributed by atoms with E-state index in [1.54, 1.807) is 7.11 Å². The van der Waals surface area contributed by atoms with Crippen molar-refractivity contribution in [1.29, 1.82) is 0 Å². The normalized spacial score (nSPS) is 17.0. The third-order valence-corrected chi connectivity index (χ3v) is 2.81. The minimum absolute atomic E-state index is 0.356. The van der Waals surface area contributed by atoms with E-state index >= 15 is 0 Å². The van der Waals surface area contributed by atoms with Crippen LogP contribution in [0.25, 0.3) is 0 Å². The first-order valence-corrected chi connectivity index (χ1v) is 6.86. The van der Waals surface area contributed by atoms with Crippen LogP contribution in [0, 0.1) is 5.92 Å². The topological polar surface area (TPSA) is 60.0 Å². The summed E-state index contributed by atoms with van der Waals surface area (Å²) in [5, 5.41) is 12.8. The summed E-state index contributed by atoms with van der Waals surface area (Å²) in [7, 11) is 1.63. The molecule has 18 heavy (non-hydrogen) atoms. The molecular formula is C13H27NO4. The molecule has 0 aromatic rings. The molecule has 5 heteroatoms. The predicted molar refractivity (Wildman–Crippen MR) is 69.7 cm³/mol. The summed E-state index contributed by atoms with van der Waals surface area (Å²) in [6.45, 7) is 4.63. The molecule has 0 radical (unpaired) electrons. The van der Waals surface area contributed by atoms with Crippen LogP contribution >= 0.6 is 0 Å². The van der Waals surface area contributed by atoms with Crippen LogP contribution in [0.5, 0.6) is 0 Å². The van der Waals surface area contributed by atoms with E-state index in [-0.39, 0.29) is 0 Å². The van der Waals surface area contributed by atoms with Crippen molar-refractivity contribution in [2.75, 3.05) is 53.2 Å². The second-order valence-electron chi connectivity index (χ2n) is 4.80. The first-order chi connectivity index (χ1) is 8.83. The molecule has 0 aromatic carbocycles. The fourth-order valence-corrected chi connectivity index (χ4v) is 1.52. The van der Waals surface area contributed by atoms with Crippen molar-refractivity contribution < 1.29 is 19.3 Å². The van der Waals surface area contributed by atoms with Crippen LogP contribution in [0.3, 0.4) is 0 Å². The van der Waals surface area contributed by atoms with Gasteiger partial charge in [0.05, 0.1) is 25.9 Å².